The Hall–Kier alpha value is -2.29. The molecule has 0 aliphatic carbocycles. The molecule has 0 saturated carbocycles. The zero-order chi connectivity index (χ0) is 20.9. The first-order valence-corrected chi connectivity index (χ1v) is 9.92. The molecule has 0 aromatic heterocycles. The Balaban J connectivity index is 1.46. The summed E-state index contributed by atoms with van der Waals surface area (Å²) in [5, 5.41) is 0. The molecule has 1 aromatic carbocycles. The standard InChI is InChI=1S/C20H26F3N3O3/c21-20(22,23)15-29-17-6-2-1-5-16(17)25-13-11-24(12-14-25)9-4-10-26-18(27)7-3-8-19(26)28/h1-2,5-6H,3-4,7-15H2. The summed E-state index contributed by atoms with van der Waals surface area (Å²) in [6.07, 6.45) is -2.11. The number of nitrogens with zero attached hydrogens (tertiary/aromatic N) is 3. The van der Waals surface area contributed by atoms with E-state index in [2.05, 4.69) is 4.90 Å². The summed E-state index contributed by atoms with van der Waals surface area (Å²) in [5.74, 6) is 0.0727. The number of amides is 2. The fourth-order valence-corrected chi connectivity index (χ4v) is 3.71. The van der Waals surface area contributed by atoms with Gasteiger partial charge in [-0.2, -0.15) is 13.2 Å². The van der Waals surface area contributed by atoms with Crippen molar-refractivity contribution in [2.24, 2.45) is 0 Å². The molecule has 3 rings (SSSR count). The van der Waals surface area contributed by atoms with Crippen LogP contribution in [0.15, 0.2) is 24.3 Å². The normalized spacial score (nSPS) is 19.0. The van der Waals surface area contributed by atoms with Gasteiger partial charge in [0.25, 0.3) is 0 Å². The predicted octanol–water partition coefficient (Wildman–Crippen LogP) is 2.68. The van der Waals surface area contributed by atoms with Gasteiger partial charge in [0, 0.05) is 45.6 Å². The minimum atomic E-state index is -4.37. The first-order chi connectivity index (χ1) is 13.8. The summed E-state index contributed by atoms with van der Waals surface area (Å²) < 4.78 is 42.4. The van der Waals surface area contributed by atoms with Crippen LogP contribution in [-0.4, -0.2) is 73.7 Å². The zero-order valence-corrected chi connectivity index (χ0v) is 16.3. The number of halogens is 3. The fourth-order valence-electron chi connectivity index (χ4n) is 3.71. The second-order valence-corrected chi connectivity index (χ2v) is 7.35. The lowest BCUT2D eigenvalue weighted by Gasteiger charge is -2.37. The van der Waals surface area contributed by atoms with Crippen molar-refractivity contribution in [2.75, 3.05) is 50.8 Å². The average molecular weight is 413 g/mol. The zero-order valence-electron chi connectivity index (χ0n) is 16.3. The van der Waals surface area contributed by atoms with Crippen LogP contribution in [0.1, 0.15) is 25.7 Å². The van der Waals surface area contributed by atoms with Gasteiger partial charge in [-0.05, 0) is 31.5 Å². The molecule has 2 saturated heterocycles. The number of hydrogen-bond acceptors (Lipinski definition) is 5. The van der Waals surface area contributed by atoms with Gasteiger partial charge in [0.1, 0.15) is 5.75 Å². The van der Waals surface area contributed by atoms with Crippen LogP contribution in [0, 0.1) is 0 Å². The van der Waals surface area contributed by atoms with Crippen molar-refractivity contribution in [1.82, 2.24) is 9.80 Å². The van der Waals surface area contributed by atoms with Crippen molar-refractivity contribution in [1.29, 1.82) is 0 Å². The number of para-hydroxylation sites is 2. The van der Waals surface area contributed by atoms with Gasteiger partial charge < -0.3 is 9.64 Å². The second kappa shape index (κ2) is 9.47. The lowest BCUT2D eigenvalue weighted by molar-refractivity contribution is -0.153. The maximum Gasteiger partial charge on any atom is 0.422 e. The summed E-state index contributed by atoms with van der Waals surface area (Å²) in [6, 6.07) is 6.78. The van der Waals surface area contributed by atoms with E-state index in [0.717, 1.165) is 26.1 Å². The highest BCUT2D eigenvalue weighted by molar-refractivity contribution is 5.97. The van der Waals surface area contributed by atoms with Gasteiger partial charge in [-0.1, -0.05) is 12.1 Å². The number of hydrogen-bond donors (Lipinski definition) is 0. The number of anilines is 1. The third-order valence-corrected chi connectivity index (χ3v) is 5.21. The second-order valence-electron chi connectivity index (χ2n) is 7.35. The number of piperazine rings is 1. The highest BCUT2D eigenvalue weighted by Gasteiger charge is 2.29. The van der Waals surface area contributed by atoms with E-state index < -0.39 is 12.8 Å². The number of rotatable bonds is 7. The van der Waals surface area contributed by atoms with Crippen molar-refractivity contribution >= 4 is 17.5 Å². The van der Waals surface area contributed by atoms with Gasteiger partial charge in [0.05, 0.1) is 5.69 Å². The molecule has 160 valence electrons. The minimum absolute atomic E-state index is 0.0819. The van der Waals surface area contributed by atoms with Gasteiger partial charge in [0.2, 0.25) is 11.8 Å². The number of alkyl halides is 3. The molecule has 9 heteroatoms. The molecule has 29 heavy (non-hydrogen) atoms. The number of piperidine rings is 1. The van der Waals surface area contributed by atoms with E-state index in [1.807, 2.05) is 4.90 Å². The molecular weight excluding hydrogens is 387 g/mol. The largest absolute Gasteiger partial charge is 0.482 e. The highest BCUT2D eigenvalue weighted by atomic mass is 19.4. The lowest BCUT2D eigenvalue weighted by atomic mass is 10.1. The maximum atomic E-state index is 12.5. The van der Waals surface area contributed by atoms with E-state index >= 15 is 0 Å². The van der Waals surface area contributed by atoms with Crippen LogP contribution in [0.4, 0.5) is 18.9 Å². The smallest absolute Gasteiger partial charge is 0.422 e. The molecule has 6 nitrogen and oxygen atoms in total. The van der Waals surface area contributed by atoms with Gasteiger partial charge in [-0.25, -0.2) is 0 Å². The Bertz CT molecular complexity index is 702. The van der Waals surface area contributed by atoms with Crippen LogP contribution in [0.2, 0.25) is 0 Å². The van der Waals surface area contributed by atoms with Crippen molar-refractivity contribution < 1.29 is 27.5 Å². The molecule has 0 N–H and O–H groups in total. The number of carbonyl (C=O) groups excluding carboxylic acids is 2. The van der Waals surface area contributed by atoms with Crippen LogP contribution >= 0.6 is 0 Å². The van der Waals surface area contributed by atoms with Gasteiger partial charge >= 0.3 is 6.18 Å². The number of benzene rings is 1. The molecule has 2 aliphatic heterocycles. The fraction of sp³-hybridized carbons (Fsp3) is 0.600. The molecular formula is C20H26F3N3O3. The van der Waals surface area contributed by atoms with Crippen LogP contribution < -0.4 is 9.64 Å². The van der Waals surface area contributed by atoms with E-state index in [0.29, 0.717) is 44.6 Å². The molecule has 2 amide bonds. The third kappa shape index (κ3) is 6.09. The Morgan fingerprint density at radius 1 is 0.931 bits per heavy atom. The summed E-state index contributed by atoms with van der Waals surface area (Å²) >= 11 is 0. The third-order valence-electron chi connectivity index (χ3n) is 5.21. The van der Waals surface area contributed by atoms with Gasteiger partial charge in [-0.3, -0.25) is 19.4 Å². The number of carbonyl (C=O) groups is 2. The van der Waals surface area contributed by atoms with Crippen LogP contribution in [0.25, 0.3) is 0 Å². The van der Waals surface area contributed by atoms with Crippen LogP contribution in [0.5, 0.6) is 5.75 Å². The monoisotopic (exact) mass is 413 g/mol. The van der Waals surface area contributed by atoms with Crippen molar-refractivity contribution in [3.8, 4) is 5.75 Å². The minimum Gasteiger partial charge on any atom is -0.482 e. The van der Waals surface area contributed by atoms with E-state index in [1.165, 1.54) is 4.90 Å². The molecule has 2 aliphatic rings. The van der Waals surface area contributed by atoms with E-state index in [1.54, 1.807) is 24.3 Å². The van der Waals surface area contributed by atoms with Gasteiger partial charge in [0.15, 0.2) is 6.61 Å². The molecule has 0 bridgehead atoms. The van der Waals surface area contributed by atoms with Crippen molar-refractivity contribution in [3.63, 3.8) is 0 Å². The summed E-state index contributed by atoms with van der Waals surface area (Å²) in [5.41, 5.74) is 0.668. The molecule has 1 aromatic rings. The molecule has 2 fully saturated rings. The Morgan fingerprint density at radius 2 is 1.59 bits per heavy atom. The molecule has 2 heterocycles. The molecule has 0 unspecified atom stereocenters. The number of imide groups is 1. The first kappa shape index (κ1) is 21.4. The summed E-state index contributed by atoms with van der Waals surface area (Å²) in [7, 11) is 0. The molecule has 0 atom stereocenters. The lowest BCUT2D eigenvalue weighted by Crippen LogP contribution is -2.47. The van der Waals surface area contributed by atoms with Crippen LogP contribution in [0.3, 0.4) is 0 Å². The number of likely N-dealkylation sites (tertiary alicyclic amines) is 1. The summed E-state index contributed by atoms with van der Waals surface area (Å²) in [6.45, 7) is 2.79. The van der Waals surface area contributed by atoms with Crippen molar-refractivity contribution in [2.45, 2.75) is 31.9 Å². The Labute approximate surface area is 168 Å². The molecule has 0 radical (unpaired) electrons. The SMILES string of the molecule is O=C1CCCC(=O)N1CCCN1CCN(c2ccccc2OCC(F)(F)F)CC1. The Morgan fingerprint density at radius 3 is 2.24 bits per heavy atom. The van der Waals surface area contributed by atoms with Crippen LogP contribution in [-0.2, 0) is 9.59 Å². The topological polar surface area (TPSA) is 53.1 Å². The highest BCUT2D eigenvalue weighted by Crippen LogP contribution is 2.30. The quantitative estimate of drug-likeness (QED) is 0.644. The van der Waals surface area contributed by atoms with E-state index in [4.69, 9.17) is 4.74 Å². The predicted molar refractivity (Wildman–Crippen MR) is 102 cm³/mol. The van der Waals surface area contributed by atoms with E-state index in [9.17, 15) is 22.8 Å². The first-order valence-electron chi connectivity index (χ1n) is 9.92. The Kier molecular flexibility index (Phi) is 7.00. The van der Waals surface area contributed by atoms with Gasteiger partial charge in [-0.15, -0.1) is 0 Å². The van der Waals surface area contributed by atoms with Crippen molar-refractivity contribution in [3.05, 3.63) is 24.3 Å². The maximum absolute atomic E-state index is 12.5. The van der Waals surface area contributed by atoms with E-state index in [-0.39, 0.29) is 17.6 Å². The molecule has 0 spiro atoms. The average Bonchev–Trinajstić information content (AvgIpc) is 2.69. The number of ether oxygens (including phenoxy) is 1. The summed E-state index contributed by atoms with van der Waals surface area (Å²) in [4.78, 5) is 29.3.